The smallest absolute Gasteiger partial charge is 0.117 e. The Hall–Kier alpha value is -1.43. The lowest BCUT2D eigenvalue weighted by atomic mass is 10.2. The predicted octanol–water partition coefficient (Wildman–Crippen LogP) is 2.72. The highest BCUT2D eigenvalue weighted by Gasteiger charge is 2.10. The highest BCUT2D eigenvalue weighted by molar-refractivity contribution is 7.80. The molecule has 3 N–H and O–H groups in total. The third-order valence-corrected chi connectivity index (χ3v) is 3.64. The third kappa shape index (κ3) is 4.03. The SMILES string of the molecule is C=CCN.Sc1cn(CC2=NCCN2)c2ccc(Cl)cc12. The minimum Gasteiger partial charge on any atom is -0.370 e. The fourth-order valence-electron chi connectivity index (χ4n) is 2.10. The van der Waals surface area contributed by atoms with Crippen LogP contribution < -0.4 is 11.1 Å². The maximum Gasteiger partial charge on any atom is 0.117 e. The van der Waals surface area contributed by atoms with Crippen LogP contribution in [0, 0.1) is 0 Å². The molecule has 0 saturated heterocycles. The second kappa shape index (κ2) is 7.54. The van der Waals surface area contributed by atoms with E-state index in [0.717, 1.165) is 46.3 Å². The van der Waals surface area contributed by atoms with Crippen molar-refractivity contribution in [3.8, 4) is 0 Å². The summed E-state index contributed by atoms with van der Waals surface area (Å²) < 4.78 is 2.14. The molecule has 0 atom stereocenters. The Morgan fingerprint density at radius 3 is 2.90 bits per heavy atom. The van der Waals surface area contributed by atoms with Gasteiger partial charge in [0.15, 0.2) is 0 Å². The molecule has 2 aromatic rings. The van der Waals surface area contributed by atoms with Gasteiger partial charge in [-0.15, -0.1) is 19.2 Å². The van der Waals surface area contributed by atoms with E-state index in [0.29, 0.717) is 6.54 Å². The molecule has 0 bridgehead atoms. The molecule has 0 spiro atoms. The standard InChI is InChI=1S/C12H12ClN3S.C3H7N/c13-8-1-2-10-9(5-8)11(17)6-16(10)7-12-14-3-4-15-12;1-2-3-4/h1-2,5-6,17H,3-4,7H2,(H,14,15);2H,1,3-4H2. The Bertz CT molecular complexity index is 663. The van der Waals surface area contributed by atoms with Gasteiger partial charge in [-0.05, 0) is 18.2 Å². The van der Waals surface area contributed by atoms with Crippen LogP contribution in [0.2, 0.25) is 5.02 Å². The number of amidine groups is 1. The number of aromatic nitrogens is 1. The number of hydrogen-bond acceptors (Lipinski definition) is 4. The Kier molecular flexibility index (Phi) is 5.73. The van der Waals surface area contributed by atoms with E-state index in [-0.39, 0.29) is 0 Å². The van der Waals surface area contributed by atoms with E-state index in [1.807, 2.05) is 24.4 Å². The lowest BCUT2D eigenvalue weighted by molar-refractivity contribution is 0.857. The van der Waals surface area contributed by atoms with Crippen LogP contribution in [0.15, 0.2) is 46.9 Å². The first kappa shape index (κ1) is 15.9. The van der Waals surface area contributed by atoms with Crippen molar-refractivity contribution in [2.24, 2.45) is 10.7 Å². The summed E-state index contributed by atoms with van der Waals surface area (Å²) >= 11 is 10.5. The first-order chi connectivity index (χ1) is 10.2. The minimum atomic E-state index is 0.583. The molecule has 0 saturated carbocycles. The second-order valence-electron chi connectivity index (χ2n) is 4.58. The summed E-state index contributed by atoms with van der Waals surface area (Å²) in [4.78, 5) is 5.34. The lowest BCUT2D eigenvalue weighted by Crippen LogP contribution is -2.23. The number of rotatable bonds is 3. The van der Waals surface area contributed by atoms with Crippen LogP contribution in [-0.4, -0.2) is 30.0 Å². The molecule has 2 heterocycles. The predicted molar refractivity (Wildman–Crippen MR) is 93.8 cm³/mol. The largest absolute Gasteiger partial charge is 0.370 e. The average Bonchev–Trinajstić information content (AvgIpc) is 3.09. The normalized spacial score (nSPS) is 13.4. The van der Waals surface area contributed by atoms with Gasteiger partial charge in [0.25, 0.3) is 0 Å². The summed E-state index contributed by atoms with van der Waals surface area (Å²) in [5.41, 5.74) is 6.04. The highest BCUT2D eigenvalue weighted by Crippen LogP contribution is 2.27. The van der Waals surface area contributed by atoms with Crippen LogP contribution in [0.25, 0.3) is 10.9 Å². The summed E-state index contributed by atoms with van der Waals surface area (Å²) in [5, 5.41) is 5.09. The van der Waals surface area contributed by atoms with Crippen LogP contribution in [0.3, 0.4) is 0 Å². The summed E-state index contributed by atoms with van der Waals surface area (Å²) in [5.74, 6) is 1.03. The van der Waals surface area contributed by atoms with Crippen molar-refractivity contribution in [3.05, 3.63) is 42.1 Å². The van der Waals surface area contributed by atoms with E-state index in [2.05, 4.69) is 34.1 Å². The Labute approximate surface area is 135 Å². The molecule has 0 amide bonds. The van der Waals surface area contributed by atoms with Gasteiger partial charge >= 0.3 is 0 Å². The molecular formula is C15H19ClN4S. The Morgan fingerprint density at radius 2 is 2.29 bits per heavy atom. The van der Waals surface area contributed by atoms with Gasteiger partial charge in [-0.25, -0.2) is 0 Å². The molecular weight excluding hydrogens is 304 g/mol. The number of thiol groups is 1. The Balaban J connectivity index is 0.000000361. The van der Waals surface area contributed by atoms with Crippen LogP contribution in [0.1, 0.15) is 0 Å². The molecule has 0 radical (unpaired) electrons. The van der Waals surface area contributed by atoms with E-state index < -0.39 is 0 Å². The van der Waals surface area contributed by atoms with Crippen molar-refractivity contribution in [1.82, 2.24) is 9.88 Å². The monoisotopic (exact) mass is 322 g/mol. The van der Waals surface area contributed by atoms with Gasteiger partial charge in [0.1, 0.15) is 5.84 Å². The molecule has 1 aromatic heterocycles. The summed E-state index contributed by atoms with van der Waals surface area (Å²) in [6, 6.07) is 5.87. The van der Waals surface area contributed by atoms with Crippen LogP contribution in [0.5, 0.6) is 0 Å². The van der Waals surface area contributed by atoms with E-state index in [1.165, 1.54) is 0 Å². The number of hydrogen-bond donors (Lipinski definition) is 3. The zero-order chi connectivity index (χ0) is 15.2. The van der Waals surface area contributed by atoms with Crippen molar-refractivity contribution in [2.45, 2.75) is 11.4 Å². The topological polar surface area (TPSA) is 55.3 Å². The Morgan fingerprint density at radius 1 is 1.52 bits per heavy atom. The fraction of sp³-hybridized carbons (Fsp3) is 0.267. The molecule has 112 valence electrons. The van der Waals surface area contributed by atoms with Gasteiger partial charge in [0, 0.05) is 40.1 Å². The number of nitrogens with one attached hydrogen (secondary N) is 1. The van der Waals surface area contributed by atoms with Gasteiger partial charge < -0.3 is 15.6 Å². The number of nitrogens with two attached hydrogens (primary N) is 1. The van der Waals surface area contributed by atoms with Gasteiger partial charge in [0.05, 0.1) is 13.1 Å². The number of benzene rings is 1. The first-order valence-corrected chi connectivity index (χ1v) is 7.53. The van der Waals surface area contributed by atoms with E-state index in [1.54, 1.807) is 6.08 Å². The lowest BCUT2D eigenvalue weighted by Gasteiger charge is -2.05. The van der Waals surface area contributed by atoms with E-state index in [4.69, 9.17) is 17.3 Å². The highest BCUT2D eigenvalue weighted by atomic mass is 35.5. The van der Waals surface area contributed by atoms with Gasteiger partial charge in [-0.1, -0.05) is 17.7 Å². The van der Waals surface area contributed by atoms with Crippen LogP contribution >= 0.6 is 24.2 Å². The number of fused-ring (bicyclic) bond motifs is 1. The van der Waals surface area contributed by atoms with Crippen molar-refractivity contribution in [1.29, 1.82) is 0 Å². The molecule has 0 aliphatic carbocycles. The van der Waals surface area contributed by atoms with Crippen molar-refractivity contribution >= 4 is 41.0 Å². The first-order valence-electron chi connectivity index (χ1n) is 6.71. The number of aliphatic imine (C=N–C) groups is 1. The quantitative estimate of drug-likeness (QED) is 0.601. The van der Waals surface area contributed by atoms with Gasteiger partial charge in [-0.2, -0.15) is 0 Å². The maximum absolute atomic E-state index is 5.99. The van der Waals surface area contributed by atoms with Crippen molar-refractivity contribution in [3.63, 3.8) is 0 Å². The molecule has 0 fully saturated rings. The molecule has 1 aromatic carbocycles. The second-order valence-corrected chi connectivity index (χ2v) is 5.50. The zero-order valence-electron chi connectivity index (χ0n) is 11.7. The molecule has 1 aliphatic heterocycles. The van der Waals surface area contributed by atoms with Crippen molar-refractivity contribution in [2.75, 3.05) is 19.6 Å². The van der Waals surface area contributed by atoms with Crippen molar-refractivity contribution < 1.29 is 0 Å². The zero-order valence-corrected chi connectivity index (χ0v) is 13.4. The molecule has 0 unspecified atom stereocenters. The van der Waals surface area contributed by atoms with Crippen LogP contribution in [0.4, 0.5) is 0 Å². The van der Waals surface area contributed by atoms with E-state index >= 15 is 0 Å². The fourth-order valence-corrected chi connectivity index (χ4v) is 2.59. The minimum absolute atomic E-state index is 0.583. The molecule has 1 aliphatic rings. The third-order valence-electron chi connectivity index (χ3n) is 3.05. The van der Waals surface area contributed by atoms with E-state index in [9.17, 15) is 0 Å². The number of nitrogens with zero attached hydrogens (tertiary/aromatic N) is 2. The summed E-state index contributed by atoms with van der Waals surface area (Å²) in [6.07, 6.45) is 3.67. The molecule has 6 heteroatoms. The number of halogens is 1. The van der Waals surface area contributed by atoms with Gasteiger partial charge in [0.2, 0.25) is 0 Å². The van der Waals surface area contributed by atoms with Crippen LogP contribution in [-0.2, 0) is 6.54 Å². The summed E-state index contributed by atoms with van der Waals surface area (Å²) in [6.45, 7) is 6.51. The average molecular weight is 323 g/mol. The summed E-state index contributed by atoms with van der Waals surface area (Å²) in [7, 11) is 0. The molecule has 21 heavy (non-hydrogen) atoms. The molecule has 4 nitrogen and oxygen atoms in total. The maximum atomic E-state index is 5.99. The molecule has 3 rings (SSSR count). The van der Waals surface area contributed by atoms with Gasteiger partial charge in [-0.3, -0.25) is 4.99 Å².